The quantitative estimate of drug-likeness (QED) is 0.354. The second-order valence-electron chi connectivity index (χ2n) is 6.71. The van der Waals surface area contributed by atoms with E-state index in [-0.39, 0.29) is 18.4 Å². The van der Waals surface area contributed by atoms with Gasteiger partial charge < -0.3 is 9.47 Å². The second-order valence-corrected chi connectivity index (χ2v) is 6.71. The largest absolute Gasteiger partial charge is 0.482 e. The van der Waals surface area contributed by atoms with Crippen molar-refractivity contribution < 1.29 is 23.9 Å². The molecule has 1 aliphatic rings. The Bertz CT molecular complexity index is 1090. The summed E-state index contributed by atoms with van der Waals surface area (Å²) in [5, 5.41) is 0. The number of imide groups is 1. The molecule has 0 saturated carbocycles. The highest BCUT2D eigenvalue weighted by Crippen LogP contribution is 2.29. The van der Waals surface area contributed by atoms with Crippen molar-refractivity contribution in [3.8, 4) is 11.5 Å². The van der Waals surface area contributed by atoms with Crippen molar-refractivity contribution in [1.29, 1.82) is 0 Å². The van der Waals surface area contributed by atoms with Crippen LogP contribution >= 0.6 is 0 Å². The molecule has 0 fully saturated rings. The minimum absolute atomic E-state index is 0.225. The Balaban J connectivity index is 1.40. The summed E-state index contributed by atoms with van der Waals surface area (Å²) in [6.07, 6.45) is 0.796. The monoisotopic (exact) mass is 401 g/mol. The number of rotatable bonds is 6. The molecule has 0 bridgehead atoms. The van der Waals surface area contributed by atoms with Gasteiger partial charge in [-0.1, -0.05) is 37.3 Å². The maximum absolute atomic E-state index is 12.5. The number of benzene rings is 3. The first-order chi connectivity index (χ1) is 14.6. The van der Waals surface area contributed by atoms with E-state index < -0.39 is 5.97 Å². The van der Waals surface area contributed by atoms with Gasteiger partial charge in [-0.2, -0.15) is 0 Å². The molecule has 0 N–H and O–H groups in total. The van der Waals surface area contributed by atoms with E-state index in [2.05, 4.69) is 0 Å². The Morgan fingerprint density at radius 3 is 2.07 bits per heavy atom. The van der Waals surface area contributed by atoms with Crippen LogP contribution in [0, 0.1) is 0 Å². The van der Waals surface area contributed by atoms with E-state index in [9.17, 15) is 14.4 Å². The molecule has 30 heavy (non-hydrogen) atoms. The number of fused-ring (bicyclic) bond motifs is 1. The molecule has 0 radical (unpaired) electrons. The highest BCUT2D eigenvalue weighted by Gasteiger charge is 2.36. The van der Waals surface area contributed by atoms with Crippen LogP contribution in [-0.2, 0) is 11.2 Å². The maximum atomic E-state index is 12.5. The molecule has 150 valence electrons. The summed E-state index contributed by atoms with van der Waals surface area (Å²) in [4.78, 5) is 38.3. The van der Waals surface area contributed by atoms with Crippen molar-refractivity contribution in [2.24, 2.45) is 0 Å². The average Bonchev–Trinajstić information content (AvgIpc) is 3.03. The molecule has 1 aliphatic heterocycles. The number of carbonyl (C=O) groups is 3. The summed E-state index contributed by atoms with van der Waals surface area (Å²) in [5.74, 6) is -0.341. The van der Waals surface area contributed by atoms with Gasteiger partial charge >= 0.3 is 5.97 Å². The Kier molecular flexibility index (Phi) is 5.30. The molecule has 0 aliphatic carbocycles. The van der Waals surface area contributed by atoms with Gasteiger partial charge in [0.15, 0.2) is 6.61 Å². The van der Waals surface area contributed by atoms with E-state index in [1.807, 2.05) is 31.2 Å². The number of hydrogen-bond donors (Lipinski definition) is 0. The molecule has 1 heterocycles. The van der Waals surface area contributed by atoms with Crippen LogP contribution in [0.1, 0.15) is 33.2 Å². The number of carbonyl (C=O) groups excluding carboxylic acids is 3. The molecule has 0 aromatic heterocycles. The van der Waals surface area contributed by atoms with Crippen LogP contribution in [0.4, 0.5) is 5.69 Å². The minimum Gasteiger partial charge on any atom is -0.482 e. The summed E-state index contributed by atoms with van der Waals surface area (Å²) < 4.78 is 10.8. The number of nitrogens with zero attached hydrogens (tertiary/aromatic N) is 1. The van der Waals surface area contributed by atoms with Gasteiger partial charge in [-0.3, -0.25) is 9.59 Å². The number of para-hydroxylation sites is 1. The van der Waals surface area contributed by atoms with E-state index in [0.717, 1.165) is 16.9 Å². The number of esters is 1. The molecule has 6 heteroatoms. The van der Waals surface area contributed by atoms with Gasteiger partial charge in [0.25, 0.3) is 11.8 Å². The van der Waals surface area contributed by atoms with Crippen molar-refractivity contribution in [3.05, 3.63) is 89.5 Å². The zero-order chi connectivity index (χ0) is 21.1. The molecule has 0 unspecified atom stereocenters. The van der Waals surface area contributed by atoms with E-state index in [1.54, 1.807) is 36.4 Å². The third kappa shape index (κ3) is 3.67. The normalized spacial score (nSPS) is 12.6. The average molecular weight is 401 g/mol. The van der Waals surface area contributed by atoms with Gasteiger partial charge in [0.05, 0.1) is 16.8 Å². The lowest BCUT2D eigenvalue weighted by Gasteiger charge is -2.14. The molecular formula is C24H19NO5. The van der Waals surface area contributed by atoms with Crippen molar-refractivity contribution in [3.63, 3.8) is 0 Å². The number of ether oxygens (including phenoxy) is 2. The number of hydrogen-bond acceptors (Lipinski definition) is 5. The highest BCUT2D eigenvalue weighted by atomic mass is 16.6. The summed E-state index contributed by atoms with van der Waals surface area (Å²) in [5.41, 5.74) is 2.18. The minimum atomic E-state index is -0.547. The van der Waals surface area contributed by atoms with Crippen LogP contribution < -0.4 is 14.4 Å². The standard InChI is InChI=1S/C24H19NO5/c1-2-16-7-3-6-10-21(16)29-15-22(26)30-18-13-11-17(12-14-18)25-23(27)19-8-4-5-9-20(19)24(25)28/h3-14H,2,15H2,1H3. The molecule has 3 aromatic carbocycles. The SMILES string of the molecule is CCc1ccccc1OCC(=O)Oc1ccc(N2C(=O)c3ccccc3C2=O)cc1. The summed E-state index contributed by atoms with van der Waals surface area (Å²) >= 11 is 0. The van der Waals surface area contributed by atoms with Crippen molar-refractivity contribution in [2.75, 3.05) is 11.5 Å². The zero-order valence-electron chi connectivity index (χ0n) is 16.3. The molecule has 0 saturated heterocycles. The molecular weight excluding hydrogens is 382 g/mol. The highest BCUT2D eigenvalue weighted by molar-refractivity contribution is 6.34. The van der Waals surface area contributed by atoms with Crippen LogP contribution in [-0.4, -0.2) is 24.4 Å². The van der Waals surface area contributed by atoms with Gasteiger partial charge in [0.2, 0.25) is 0 Å². The van der Waals surface area contributed by atoms with Gasteiger partial charge in [0, 0.05) is 0 Å². The van der Waals surface area contributed by atoms with Crippen LogP contribution in [0.3, 0.4) is 0 Å². The number of anilines is 1. The lowest BCUT2D eigenvalue weighted by molar-refractivity contribution is -0.136. The predicted octanol–water partition coefficient (Wildman–Crippen LogP) is 4.03. The van der Waals surface area contributed by atoms with Crippen molar-refractivity contribution >= 4 is 23.5 Å². The van der Waals surface area contributed by atoms with Crippen LogP contribution in [0.25, 0.3) is 0 Å². The van der Waals surface area contributed by atoms with E-state index >= 15 is 0 Å². The van der Waals surface area contributed by atoms with Crippen molar-refractivity contribution in [2.45, 2.75) is 13.3 Å². The fourth-order valence-corrected chi connectivity index (χ4v) is 3.32. The number of amides is 2. The number of aryl methyl sites for hydroxylation is 1. The summed E-state index contributed by atoms with van der Waals surface area (Å²) in [7, 11) is 0. The Morgan fingerprint density at radius 1 is 0.833 bits per heavy atom. The molecule has 0 atom stereocenters. The van der Waals surface area contributed by atoms with Crippen LogP contribution in [0.15, 0.2) is 72.8 Å². The summed E-state index contributed by atoms with van der Waals surface area (Å²) in [6.45, 7) is 1.79. The fraction of sp³-hybridized carbons (Fsp3) is 0.125. The van der Waals surface area contributed by atoms with Crippen molar-refractivity contribution in [1.82, 2.24) is 0 Å². The predicted molar refractivity (Wildman–Crippen MR) is 111 cm³/mol. The first-order valence-corrected chi connectivity index (χ1v) is 9.57. The van der Waals surface area contributed by atoms with Gasteiger partial charge in [0.1, 0.15) is 11.5 Å². The fourth-order valence-electron chi connectivity index (χ4n) is 3.32. The molecule has 2 amide bonds. The first kappa shape index (κ1) is 19.4. The van der Waals surface area contributed by atoms with E-state index in [0.29, 0.717) is 28.3 Å². The van der Waals surface area contributed by atoms with Gasteiger partial charge in [-0.15, -0.1) is 0 Å². The molecule has 6 nitrogen and oxygen atoms in total. The third-order valence-electron chi connectivity index (χ3n) is 4.82. The van der Waals surface area contributed by atoms with E-state index in [1.165, 1.54) is 12.1 Å². The first-order valence-electron chi connectivity index (χ1n) is 9.57. The third-order valence-corrected chi connectivity index (χ3v) is 4.82. The maximum Gasteiger partial charge on any atom is 0.349 e. The van der Waals surface area contributed by atoms with Gasteiger partial charge in [-0.05, 0) is 54.4 Å². The van der Waals surface area contributed by atoms with Crippen LogP contribution in [0.2, 0.25) is 0 Å². The second kappa shape index (κ2) is 8.21. The van der Waals surface area contributed by atoms with E-state index in [4.69, 9.17) is 9.47 Å². The lowest BCUT2D eigenvalue weighted by Crippen LogP contribution is -2.29. The smallest absolute Gasteiger partial charge is 0.349 e. The Morgan fingerprint density at radius 2 is 1.43 bits per heavy atom. The Hall–Kier alpha value is -3.93. The summed E-state index contributed by atoms with van der Waals surface area (Å²) in [6, 6.07) is 20.4. The molecule has 4 rings (SSSR count). The van der Waals surface area contributed by atoms with Crippen LogP contribution in [0.5, 0.6) is 11.5 Å². The van der Waals surface area contributed by atoms with Gasteiger partial charge in [-0.25, -0.2) is 9.69 Å². The molecule has 0 spiro atoms. The Labute approximate surface area is 173 Å². The topological polar surface area (TPSA) is 72.9 Å². The molecule has 3 aromatic rings. The lowest BCUT2D eigenvalue weighted by atomic mass is 10.1. The zero-order valence-corrected chi connectivity index (χ0v) is 16.3.